The van der Waals surface area contributed by atoms with Gasteiger partial charge in [0.15, 0.2) is 11.7 Å². The molecule has 0 spiro atoms. The standard InChI is InChI=1S/C17H28F3N5OS/c1-3-21-16(23-10-13(2)11-25-6-8-26-9-7-25)22-5-4-15-24-14(12-27-15)17(18,19)20/h12-13H,3-11H2,1-2H3,(H2,21,22,23). The van der Waals surface area contributed by atoms with Crippen molar-refractivity contribution in [1.29, 1.82) is 0 Å². The highest BCUT2D eigenvalue weighted by atomic mass is 32.1. The van der Waals surface area contributed by atoms with Gasteiger partial charge in [0.25, 0.3) is 0 Å². The smallest absolute Gasteiger partial charge is 0.379 e. The average Bonchev–Trinajstić information content (AvgIpc) is 3.10. The van der Waals surface area contributed by atoms with Crippen LogP contribution in [0.15, 0.2) is 10.4 Å². The van der Waals surface area contributed by atoms with E-state index in [9.17, 15) is 13.2 Å². The highest BCUT2D eigenvalue weighted by molar-refractivity contribution is 7.09. The van der Waals surface area contributed by atoms with E-state index in [1.165, 1.54) is 0 Å². The van der Waals surface area contributed by atoms with Crippen LogP contribution in [0.2, 0.25) is 0 Å². The number of nitrogens with one attached hydrogen (secondary N) is 2. The summed E-state index contributed by atoms with van der Waals surface area (Å²) in [5.41, 5.74) is -0.819. The number of ether oxygens (including phenoxy) is 1. The first-order chi connectivity index (χ1) is 12.9. The molecule has 0 radical (unpaired) electrons. The fraction of sp³-hybridized carbons (Fsp3) is 0.765. The van der Waals surface area contributed by atoms with E-state index in [-0.39, 0.29) is 0 Å². The highest BCUT2D eigenvalue weighted by Crippen LogP contribution is 2.29. The first-order valence-electron chi connectivity index (χ1n) is 9.22. The fourth-order valence-corrected chi connectivity index (χ4v) is 3.52. The van der Waals surface area contributed by atoms with E-state index < -0.39 is 11.9 Å². The Bertz CT molecular complexity index is 587. The summed E-state index contributed by atoms with van der Waals surface area (Å²) in [6.07, 6.45) is -3.95. The van der Waals surface area contributed by atoms with Crippen molar-refractivity contribution in [3.8, 4) is 0 Å². The maximum Gasteiger partial charge on any atom is 0.434 e. The third-order valence-corrected chi connectivity index (χ3v) is 4.96. The Morgan fingerprint density at radius 1 is 1.37 bits per heavy atom. The Morgan fingerprint density at radius 3 is 2.74 bits per heavy atom. The molecule has 10 heteroatoms. The second kappa shape index (κ2) is 10.8. The van der Waals surface area contributed by atoms with Crippen molar-refractivity contribution in [3.63, 3.8) is 0 Å². The topological polar surface area (TPSA) is 61.8 Å². The van der Waals surface area contributed by atoms with Gasteiger partial charge in [-0.05, 0) is 12.8 Å². The van der Waals surface area contributed by atoms with Crippen molar-refractivity contribution in [2.24, 2.45) is 10.9 Å². The quantitative estimate of drug-likeness (QED) is 0.511. The minimum Gasteiger partial charge on any atom is -0.379 e. The van der Waals surface area contributed by atoms with E-state index in [0.29, 0.717) is 36.4 Å². The molecule has 1 saturated heterocycles. The van der Waals surface area contributed by atoms with E-state index in [4.69, 9.17) is 4.74 Å². The molecular weight excluding hydrogens is 379 g/mol. The number of thiazole rings is 1. The van der Waals surface area contributed by atoms with Crippen LogP contribution in [0.1, 0.15) is 24.5 Å². The maximum atomic E-state index is 12.6. The summed E-state index contributed by atoms with van der Waals surface area (Å²) in [6, 6.07) is 0. The Labute approximate surface area is 162 Å². The van der Waals surface area contributed by atoms with Crippen LogP contribution < -0.4 is 10.6 Å². The fourth-order valence-electron chi connectivity index (χ4n) is 2.71. The Morgan fingerprint density at radius 2 is 2.11 bits per heavy atom. The van der Waals surface area contributed by atoms with Gasteiger partial charge in [0, 0.05) is 51.1 Å². The molecular formula is C17H28F3N5OS. The SMILES string of the molecule is CCNC(=NCC(C)CN1CCOCC1)NCCc1nc(C(F)(F)F)cs1. The number of hydrogen-bond donors (Lipinski definition) is 2. The van der Waals surface area contributed by atoms with Crippen LogP contribution in [0.3, 0.4) is 0 Å². The molecule has 2 rings (SSSR count). The van der Waals surface area contributed by atoms with Crippen LogP contribution in [-0.4, -0.2) is 68.3 Å². The number of morpholine rings is 1. The first kappa shape index (κ1) is 21.9. The summed E-state index contributed by atoms with van der Waals surface area (Å²) in [5, 5.41) is 7.85. The summed E-state index contributed by atoms with van der Waals surface area (Å²) >= 11 is 1.03. The number of aliphatic imine (C=N–C) groups is 1. The monoisotopic (exact) mass is 407 g/mol. The van der Waals surface area contributed by atoms with Crippen molar-refractivity contribution in [2.75, 3.05) is 52.5 Å². The number of rotatable bonds is 8. The Hall–Kier alpha value is -1.39. The van der Waals surface area contributed by atoms with Gasteiger partial charge in [-0.1, -0.05) is 6.92 Å². The first-order valence-corrected chi connectivity index (χ1v) is 10.1. The van der Waals surface area contributed by atoms with Gasteiger partial charge in [-0.3, -0.25) is 9.89 Å². The summed E-state index contributed by atoms with van der Waals surface area (Å²) < 4.78 is 43.1. The third-order valence-electron chi connectivity index (χ3n) is 4.05. The van der Waals surface area contributed by atoms with Gasteiger partial charge >= 0.3 is 6.18 Å². The predicted octanol–water partition coefficient (Wildman–Crippen LogP) is 2.23. The molecule has 0 aliphatic carbocycles. The highest BCUT2D eigenvalue weighted by Gasteiger charge is 2.33. The minimum absolute atomic E-state index is 0.409. The largest absolute Gasteiger partial charge is 0.434 e. The van der Waals surface area contributed by atoms with Gasteiger partial charge in [0.1, 0.15) is 0 Å². The summed E-state index contributed by atoms with van der Waals surface area (Å²) in [7, 11) is 0. The van der Waals surface area contributed by atoms with Gasteiger partial charge < -0.3 is 15.4 Å². The summed E-state index contributed by atoms with van der Waals surface area (Å²) in [6.45, 7) is 10.5. The minimum atomic E-state index is -4.38. The average molecular weight is 408 g/mol. The van der Waals surface area contributed by atoms with Crippen molar-refractivity contribution in [1.82, 2.24) is 20.5 Å². The zero-order valence-electron chi connectivity index (χ0n) is 15.8. The van der Waals surface area contributed by atoms with Crippen molar-refractivity contribution < 1.29 is 17.9 Å². The zero-order chi connectivity index (χ0) is 19.7. The number of aromatic nitrogens is 1. The van der Waals surface area contributed by atoms with E-state index >= 15 is 0 Å². The van der Waals surface area contributed by atoms with Crippen molar-refractivity contribution in [3.05, 3.63) is 16.1 Å². The van der Waals surface area contributed by atoms with Crippen LogP contribution in [0.4, 0.5) is 13.2 Å². The van der Waals surface area contributed by atoms with E-state index in [1.807, 2.05) is 6.92 Å². The van der Waals surface area contributed by atoms with Gasteiger partial charge in [0.2, 0.25) is 0 Å². The number of alkyl halides is 3. The molecule has 27 heavy (non-hydrogen) atoms. The second-order valence-electron chi connectivity index (χ2n) is 6.54. The van der Waals surface area contributed by atoms with E-state index in [2.05, 4.69) is 32.4 Å². The molecule has 0 aromatic carbocycles. The Balaban J connectivity index is 1.76. The van der Waals surface area contributed by atoms with E-state index in [1.54, 1.807) is 0 Å². The molecule has 1 atom stereocenters. The molecule has 1 aromatic heterocycles. The van der Waals surface area contributed by atoms with Gasteiger partial charge in [0.05, 0.1) is 18.2 Å². The molecule has 1 aromatic rings. The lowest BCUT2D eigenvalue weighted by molar-refractivity contribution is -0.140. The molecule has 2 heterocycles. The van der Waals surface area contributed by atoms with Crippen LogP contribution in [0, 0.1) is 5.92 Å². The number of hydrogen-bond acceptors (Lipinski definition) is 5. The molecule has 1 unspecified atom stereocenters. The summed E-state index contributed by atoms with van der Waals surface area (Å²) in [4.78, 5) is 10.6. The summed E-state index contributed by atoms with van der Waals surface area (Å²) in [5.74, 6) is 1.09. The number of nitrogens with zero attached hydrogens (tertiary/aromatic N) is 3. The zero-order valence-corrected chi connectivity index (χ0v) is 16.6. The Kier molecular flexibility index (Phi) is 8.78. The molecule has 0 saturated carbocycles. The van der Waals surface area contributed by atoms with Gasteiger partial charge in [-0.25, -0.2) is 4.98 Å². The number of halogens is 3. The van der Waals surface area contributed by atoms with Gasteiger partial charge in [-0.2, -0.15) is 13.2 Å². The van der Waals surface area contributed by atoms with Crippen LogP contribution >= 0.6 is 11.3 Å². The molecule has 2 N–H and O–H groups in total. The lowest BCUT2D eigenvalue weighted by atomic mass is 10.1. The van der Waals surface area contributed by atoms with Gasteiger partial charge in [-0.15, -0.1) is 11.3 Å². The predicted molar refractivity (Wildman–Crippen MR) is 101 cm³/mol. The molecule has 0 bridgehead atoms. The van der Waals surface area contributed by atoms with E-state index in [0.717, 1.165) is 56.1 Å². The van der Waals surface area contributed by atoms with Crippen molar-refractivity contribution in [2.45, 2.75) is 26.4 Å². The molecule has 0 amide bonds. The molecule has 1 aliphatic heterocycles. The molecule has 6 nitrogen and oxygen atoms in total. The van der Waals surface area contributed by atoms with Crippen LogP contribution in [0.25, 0.3) is 0 Å². The second-order valence-corrected chi connectivity index (χ2v) is 7.48. The van der Waals surface area contributed by atoms with Crippen LogP contribution in [-0.2, 0) is 17.3 Å². The number of guanidine groups is 1. The lowest BCUT2D eigenvalue weighted by Gasteiger charge is -2.28. The third kappa shape index (κ3) is 8.02. The lowest BCUT2D eigenvalue weighted by Crippen LogP contribution is -2.40. The van der Waals surface area contributed by atoms with Crippen molar-refractivity contribution >= 4 is 17.3 Å². The maximum absolute atomic E-state index is 12.6. The molecule has 154 valence electrons. The normalized spacial score (nSPS) is 17.7. The van der Waals surface area contributed by atoms with Crippen LogP contribution in [0.5, 0.6) is 0 Å². The molecule has 1 aliphatic rings. The molecule has 1 fully saturated rings.